The minimum atomic E-state index is -1.03. The van der Waals surface area contributed by atoms with Gasteiger partial charge in [0.2, 0.25) is 0 Å². The molecule has 2 aromatic heterocycles. The fraction of sp³-hybridized carbons (Fsp3) is 0.400. The Labute approximate surface area is 141 Å². The van der Waals surface area contributed by atoms with Gasteiger partial charge in [0.1, 0.15) is 6.54 Å². The largest absolute Gasteiger partial charge is 0.480 e. The number of hydrogen-bond donors (Lipinski definition) is 1. The number of aryl methyl sites for hydroxylation is 1. The molecule has 0 unspecified atom stereocenters. The fourth-order valence-corrected chi connectivity index (χ4v) is 3.42. The first-order valence-corrected chi connectivity index (χ1v) is 8.24. The van der Waals surface area contributed by atoms with Crippen LogP contribution in [0, 0.1) is 6.92 Å². The summed E-state index contributed by atoms with van der Waals surface area (Å²) in [5, 5.41) is 13.2. The van der Waals surface area contributed by atoms with E-state index in [1.54, 1.807) is 11.8 Å². The zero-order valence-corrected chi connectivity index (χ0v) is 14.0. The fourth-order valence-electron chi connectivity index (χ4n) is 2.39. The third-order valence-corrected chi connectivity index (χ3v) is 4.88. The van der Waals surface area contributed by atoms with Crippen molar-refractivity contribution >= 4 is 34.1 Å². The summed E-state index contributed by atoms with van der Waals surface area (Å²) in [5.41, 5.74) is 0.919. The van der Waals surface area contributed by atoms with E-state index >= 15 is 0 Å². The van der Waals surface area contributed by atoms with Crippen LogP contribution in [0.5, 0.6) is 0 Å². The number of amides is 1. The summed E-state index contributed by atoms with van der Waals surface area (Å²) in [4.78, 5) is 41.7. The van der Waals surface area contributed by atoms with Gasteiger partial charge in [-0.05, 0) is 19.8 Å². The van der Waals surface area contributed by atoms with E-state index in [1.807, 2.05) is 0 Å². The summed E-state index contributed by atoms with van der Waals surface area (Å²) < 4.78 is 1.20. The Morgan fingerprint density at radius 1 is 1.42 bits per heavy atom. The lowest BCUT2D eigenvalue weighted by Gasteiger charge is -2.18. The summed E-state index contributed by atoms with van der Waals surface area (Å²) in [6.45, 7) is 2.92. The lowest BCUT2D eigenvalue weighted by molar-refractivity contribution is -0.137. The van der Waals surface area contributed by atoms with Crippen molar-refractivity contribution in [1.82, 2.24) is 14.8 Å². The molecule has 0 aliphatic heterocycles. The van der Waals surface area contributed by atoms with E-state index in [0.717, 1.165) is 12.8 Å². The van der Waals surface area contributed by atoms with Gasteiger partial charge >= 0.3 is 5.97 Å². The van der Waals surface area contributed by atoms with Gasteiger partial charge in [-0.2, -0.15) is 5.10 Å². The summed E-state index contributed by atoms with van der Waals surface area (Å²) in [6.07, 6.45) is 4.53. The van der Waals surface area contributed by atoms with Gasteiger partial charge in [-0.15, -0.1) is 0 Å². The molecule has 0 atom stereocenters. The van der Waals surface area contributed by atoms with E-state index < -0.39 is 5.97 Å². The van der Waals surface area contributed by atoms with Gasteiger partial charge in [-0.1, -0.05) is 11.3 Å². The van der Waals surface area contributed by atoms with Crippen LogP contribution in [0.1, 0.15) is 45.5 Å². The number of rotatable bonds is 6. The summed E-state index contributed by atoms with van der Waals surface area (Å²) in [5.74, 6) is -1.38. The number of carbonyl (C=O) groups is 3. The Balaban J connectivity index is 1.89. The molecule has 8 nitrogen and oxygen atoms in total. The maximum Gasteiger partial charge on any atom is 0.325 e. The SMILES string of the molecule is CC(=O)c1sc(N(C(=O)c2cnn(CC(=O)O)c2)C2CC2)nc1C. The quantitative estimate of drug-likeness (QED) is 0.797. The van der Waals surface area contributed by atoms with Gasteiger partial charge < -0.3 is 5.11 Å². The van der Waals surface area contributed by atoms with Crippen LogP contribution in [0.3, 0.4) is 0 Å². The molecule has 9 heteroatoms. The normalized spacial score (nSPS) is 13.8. The Kier molecular flexibility index (Phi) is 4.18. The predicted octanol–water partition coefficient (Wildman–Crippen LogP) is 1.74. The molecule has 1 saturated carbocycles. The lowest BCUT2D eigenvalue weighted by atomic mass is 10.3. The van der Waals surface area contributed by atoms with Gasteiger partial charge in [0.05, 0.1) is 22.3 Å². The molecule has 1 amide bonds. The van der Waals surface area contributed by atoms with Crippen molar-refractivity contribution in [2.45, 2.75) is 39.3 Å². The van der Waals surface area contributed by atoms with Crippen molar-refractivity contribution in [3.8, 4) is 0 Å². The number of carboxylic acids is 1. The van der Waals surface area contributed by atoms with Gasteiger partial charge in [0.15, 0.2) is 10.9 Å². The predicted molar refractivity (Wildman–Crippen MR) is 86.5 cm³/mol. The van der Waals surface area contributed by atoms with Gasteiger partial charge in [0, 0.05) is 19.2 Å². The summed E-state index contributed by atoms with van der Waals surface area (Å²) in [6, 6.07) is 0.0608. The van der Waals surface area contributed by atoms with Crippen LogP contribution in [0.2, 0.25) is 0 Å². The van der Waals surface area contributed by atoms with Crippen LogP contribution in [-0.2, 0) is 11.3 Å². The third-order valence-electron chi connectivity index (χ3n) is 3.62. The van der Waals surface area contributed by atoms with Crippen LogP contribution in [0.4, 0.5) is 5.13 Å². The molecular formula is C15H16N4O4S. The molecule has 2 aromatic rings. The van der Waals surface area contributed by atoms with E-state index in [1.165, 1.54) is 35.3 Å². The van der Waals surface area contributed by atoms with Crippen molar-refractivity contribution in [2.24, 2.45) is 0 Å². The number of nitrogens with zero attached hydrogens (tertiary/aromatic N) is 4. The molecule has 24 heavy (non-hydrogen) atoms. The number of aromatic nitrogens is 3. The van der Waals surface area contributed by atoms with Crippen molar-refractivity contribution < 1.29 is 19.5 Å². The van der Waals surface area contributed by atoms with Crippen molar-refractivity contribution in [1.29, 1.82) is 0 Å². The van der Waals surface area contributed by atoms with E-state index in [-0.39, 0.29) is 24.3 Å². The number of hydrogen-bond acceptors (Lipinski definition) is 6. The van der Waals surface area contributed by atoms with Gasteiger partial charge in [0.25, 0.3) is 5.91 Å². The maximum absolute atomic E-state index is 12.8. The molecule has 0 saturated heterocycles. The van der Waals surface area contributed by atoms with Gasteiger partial charge in [-0.3, -0.25) is 24.0 Å². The number of Topliss-reactive ketones (excluding diaryl/α,β-unsaturated/α-hetero) is 1. The van der Waals surface area contributed by atoms with E-state index in [0.29, 0.717) is 21.3 Å². The second-order valence-corrected chi connectivity index (χ2v) is 6.67. The second-order valence-electron chi connectivity index (χ2n) is 5.69. The first-order chi connectivity index (χ1) is 11.4. The number of thiazole rings is 1. The average Bonchev–Trinajstić information content (AvgIpc) is 3.08. The molecule has 126 valence electrons. The van der Waals surface area contributed by atoms with E-state index in [9.17, 15) is 14.4 Å². The smallest absolute Gasteiger partial charge is 0.325 e. The minimum absolute atomic E-state index is 0.0608. The van der Waals surface area contributed by atoms with Crippen LogP contribution < -0.4 is 4.90 Å². The molecule has 0 bridgehead atoms. The second kappa shape index (κ2) is 6.16. The lowest BCUT2D eigenvalue weighted by Crippen LogP contribution is -2.32. The van der Waals surface area contributed by atoms with Crippen LogP contribution in [0.15, 0.2) is 12.4 Å². The molecule has 0 spiro atoms. The molecule has 1 aliphatic rings. The van der Waals surface area contributed by atoms with Crippen LogP contribution in [0.25, 0.3) is 0 Å². The molecule has 1 N–H and O–H groups in total. The number of anilines is 1. The Morgan fingerprint density at radius 3 is 2.67 bits per heavy atom. The monoisotopic (exact) mass is 348 g/mol. The molecule has 0 radical (unpaired) electrons. The highest BCUT2D eigenvalue weighted by Gasteiger charge is 2.37. The number of ketones is 1. The number of carboxylic acid groups (broad SMARTS) is 1. The first-order valence-electron chi connectivity index (χ1n) is 7.43. The molecule has 0 aromatic carbocycles. The Hall–Kier alpha value is -2.55. The molecule has 2 heterocycles. The number of aliphatic carboxylic acids is 1. The molecular weight excluding hydrogens is 332 g/mol. The summed E-state index contributed by atoms with van der Waals surface area (Å²) in [7, 11) is 0. The Bertz CT molecular complexity index is 821. The highest BCUT2D eigenvalue weighted by atomic mass is 32.1. The number of carbonyl (C=O) groups excluding carboxylic acids is 2. The first kappa shape index (κ1) is 16.3. The van der Waals surface area contributed by atoms with Crippen molar-refractivity contribution in [2.75, 3.05) is 4.90 Å². The third kappa shape index (κ3) is 3.21. The van der Waals surface area contributed by atoms with Gasteiger partial charge in [-0.25, -0.2) is 4.98 Å². The molecule has 1 fully saturated rings. The average molecular weight is 348 g/mol. The van der Waals surface area contributed by atoms with E-state index in [4.69, 9.17) is 5.11 Å². The topological polar surface area (TPSA) is 105 Å². The minimum Gasteiger partial charge on any atom is -0.480 e. The highest BCUT2D eigenvalue weighted by molar-refractivity contribution is 7.17. The molecule has 1 aliphatic carbocycles. The van der Waals surface area contributed by atoms with Crippen molar-refractivity contribution in [3.05, 3.63) is 28.5 Å². The molecule has 3 rings (SSSR count). The standard InChI is InChI=1S/C15H16N4O4S/c1-8-13(9(2)20)24-15(17-8)19(11-3-4-11)14(23)10-5-16-18(6-10)7-12(21)22/h5-6,11H,3-4,7H2,1-2H3,(H,21,22). The van der Waals surface area contributed by atoms with Crippen molar-refractivity contribution in [3.63, 3.8) is 0 Å². The zero-order valence-electron chi connectivity index (χ0n) is 13.2. The highest BCUT2D eigenvalue weighted by Crippen LogP contribution is 2.36. The Morgan fingerprint density at radius 2 is 2.12 bits per heavy atom. The maximum atomic E-state index is 12.8. The van der Waals surface area contributed by atoms with E-state index in [2.05, 4.69) is 10.1 Å². The van der Waals surface area contributed by atoms with Crippen LogP contribution >= 0.6 is 11.3 Å². The summed E-state index contributed by atoms with van der Waals surface area (Å²) >= 11 is 1.21. The van der Waals surface area contributed by atoms with Crippen LogP contribution in [-0.4, -0.2) is 43.6 Å². The zero-order chi connectivity index (χ0) is 17.4.